The van der Waals surface area contributed by atoms with Gasteiger partial charge in [-0.2, -0.15) is 0 Å². The van der Waals surface area contributed by atoms with Crippen LogP contribution in [-0.2, 0) is 9.59 Å². The van der Waals surface area contributed by atoms with Crippen LogP contribution in [0.5, 0.6) is 0 Å². The van der Waals surface area contributed by atoms with Crippen molar-refractivity contribution in [2.45, 2.75) is 38.6 Å². The highest BCUT2D eigenvalue weighted by molar-refractivity contribution is 6.39. The van der Waals surface area contributed by atoms with Crippen LogP contribution >= 0.6 is 0 Å². The van der Waals surface area contributed by atoms with Gasteiger partial charge in [0.15, 0.2) is 0 Å². The lowest BCUT2D eigenvalue weighted by molar-refractivity contribution is -0.126. The second kappa shape index (κ2) is 7.03. The third-order valence-corrected chi connectivity index (χ3v) is 4.94. The molecular formula is C18H24N4O2. The van der Waals surface area contributed by atoms with E-state index in [-0.39, 0.29) is 30.2 Å². The van der Waals surface area contributed by atoms with Gasteiger partial charge in [-0.1, -0.05) is 38.0 Å². The zero-order valence-corrected chi connectivity index (χ0v) is 14.2. The molecule has 2 amide bonds. The number of hydrogen-bond acceptors (Lipinski definition) is 4. The smallest absolute Gasteiger partial charge is 0.290 e. The van der Waals surface area contributed by atoms with Gasteiger partial charge in [-0.3, -0.25) is 20.0 Å². The average Bonchev–Trinajstić information content (AvgIpc) is 2.62. The molecule has 6 heteroatoms. The molecule has 128 valence electrons. The van der Waals surface area contributed by atoms with Crippen LogP contribution in [0.3, 0.4) is 0 Å². The van der Waals surface area contributed by atoms with E-state index in [0.29, 0.717) is 11.6 Å². The minimum absolute atomic E-state index is 0.0168. The summed E-state index contributed by atoms with van der Waals surface area (Å²) in [6.07, 6.45) is 4.56. The number of nitrogens with one attached hydrogen (secondary N) is 1. The van der Waals surface area contributed by atoms with Crippen molar-refractivity contribution in [2.75, 3.05) is 18.6 Å². The number of carbonyl (C=O) groups excluding carboxylic acids is 2. The van der Waals surface area contributed by atoms with Crippen LogP contribution in [0.4, 0.5) is 5.69 Å². The van der Waals surface area contributed by atoms with E-state index in [0.717, 1.165) is 19.3 Å². The molecular weight excluding hydrogens is 304 g/mol. The van der Waals surface area contributed by atoms with Crippen molar-refractivity contribution in [3.8, 4) is 0 Å². The summed E-state index contributed by atoms with van der Waals surface area (Å²) in [5.74, 6) is 0.399. The minimum Gasteiger partial charge on any atom is -0.336 e. The van der Waals surface area contributed by atoms with Crippen LogP contribution in [0, 0.1) is 5.92 Å². The predicted molar refractivity (Wildman–Crippen MR) is 93.6 cm³/mol. The maximum absolute atomic E-state index is 12.8. The number of aliphatic imine (C=N–C) groups is 1. The molecule has 0 saturated heterocycles. The Hall–Kier alpha value is -2.37. The monoisotopic (exact) mass is 328 g/mol. The second-order valence-electron chi connectivity index (χ2n) is 6.59. The van der Waals surface area contributed by atoms with Crippen molar-refractivity contribution < 1.29 is 9.59 Å². The molecule has 1 heterocycles. The summed E-state index contributed by atoms with van der Waals surface area (Å²) < 4.78 is 0. The Morgan fingerprint density at radius 3 is 2.67 bits per heavy atom. The third kappa shape index (κ3) is 3.27. The molecule has 2 aliphatic rings. The zero-order chi connectivity index (χ0) is 17.1. The summed E-state index contributed by atoms with van der Waals surface area (Å²) >= 11 is 0. The Kier molecular flexibility index (Phi) is 4.83. The molecule has 6 nitrogen and oxygen atoms in total. The van der Waals surface area contributed by atoms with E-state index >= 15 is 0 Å². The molecule has 2 atom stereocenters. The number of amidine groups is 1. The number of benzene rings is 1. The van der Waals surface area contributed by atoms with Crippen LogP contribution in [-0.4, -0.2) is 42.2 Å². The molecule has 0 bridgehead atoms. The molecule has 1 aromatic carbocycles. The van der Waals surface area contributed by atoms with Crippen LogP contribution in [0.2, 0.25) is 0 Å². The van der Waals surface area contributed by atoms with Crippen molar-refractivity contribution in [2.24, 2.45) is 10.9 Å². The number of hydrogen-bond donors (Lipinski definition) is 1. The van der Waals surface area contributed by atoms with Gasteiger partial charge in [0, 0.05) is 13.1 Å². The van der Waals surface area contributed by atoms with E-state index in [1.54, 1.807) is 4.90 Å². The average molecular weight is 328 g/mol. The van der Waals surface area contributed by atoms with Crippen LogP contribution in [0.25, 0.3) is 0 Å². The van der Waals surface area contributed by atoms with Gasteiger partial charge < -0.3 is 4.90 Å². The van der Waals surface area contributed by atoms with Crippen LogP contribution < -0.4 is 10.4 Å². The van der Waals surface area contributed by atoms with Gasteiger partial charge in [-0.25, -0.2) is 5.01 Å². The Labute approximate surface area is 142 Å². The molecule has 24 heavy (non-hydrogen) atoms. The van der Waals surface area contributed by atoms with Crippen LogP contribution in [0.1, 0.15) is 32.6 Å². The summed E-state index contributed by atoms with van der Waals surface area (Å²) in [5.41, 5.74) is 3.60. The second-order valence-corrected chi connectivity index (χ2v) is 6.59. The lowest BCUT2D eigenvalue weighted by Gasteiger charge is -2.37. The van der Waals surface area contributed by atoms with E-state index < -0.39 is 0 Å². The number of nitrogens with zero attached hydrogens (tertiary/aromatic N) is 3. The highest BCUT2D eigenvalue weighted by Crippen LogP contribution is 2.27. The van der Waals surface area contributed by atoms with E-state index in [9.17, 15) is 9.59 Å². The molecule has 1 N–H and O–H groups in total. The number of anilines is 1. The number of likely N-dealkylation sites (N-methyl/N-ethyl adjacent to an activating group) is 1. The summed E-state index contributed by atoms with van der Waals surface area (Å²) in [6.45, 7) is 2.18. The Morgan fingerprint density at radius 2 is 1.96 bits per heavy atom. The molecule has 1 aliphatic heterocycles. The van der Waals surface area contributed by atoms with Gasteiger partial charge in [0.05, 0.1) is 5.69 Å². The third-order valence-electron chi connectivity index (χ3n) is 4.94. The summed E-state index contributed by atoms with van der Waals surface area (Å²) in [4.78, 5) is 30.9. The summed E-state index contributed by atoms with van der Waals surface area (Å²) in [7, 11) is 1.84. The van der Waals surface area contributed by atoms with Crippen molar-refractivity contribution >= 4 is 23.3 Å². The quantitative estimate of drug-likeness (QED) is 0.922. The number of carbonyl (C=O) groups is 2. The van der Waals surface area contributed by atoms with Gasteiger partial charge >= 0.3 is 0 Å². The molecule has 1 aliphatic carbocycles. The lowest BCUT2D eigenvalue weighted by atomic mass is 9.85. The van der Waals surface area contributed by atoms with E-state index in [1.165, 1.54) is 11.4 Å². The topological polar surface area (TPSA) is 65.0 Å². The first-order valence-corrected chi connectivity index (χ1v) is 8.54. The fourth-order valence-electron chi connectivity index (χ4n) is 3.51. The molecule has 3 rings (SSSR count). The molecule has 0 spiro atoms. The number of para-hydroxylation sites is 1. The fourth-order valence-corrected chi connectivity index (χ4v) is 3.51. The predicted octanol–water partition coefficient (Wildman–Crippen LogP) is 1.97. The zero-order valence-electron chi connectivity index (χ0n) is 14.2. The number of hydrazine groups is 1. The maximum atomic E-state index is 12.8. The summed E-state index contributed by atoms with van der Waals surface area (Å²) in [5, 5.41) is 1.40. The SMILES string of the molecule is C[C@@H]1CCCC[C@H]1N(C)C(=O)C1=NCC(=O)N(c2ccccc2)N1. The Bertz CT molecular complexity index is 644. The first kappa shape index (κ1) is 16.5. The van der Waals surface area contributed by atoms with Crippen LogP contribution in [0.15, 0.2) is 35.3 Å². The molecule has 0 aromatic heterocycles. The van der Waals surface area contributed by atoms with E-state index in [2.05, 4.69) is 17.3 Å². The van der Waals surface area contributed by atoms with Gasteiger partial charge in [-0.15, -0.1) is 0 Å². The highest BCUT2D eigenvalue weighted by Gasteiger charge is 2.32. The number of rotatable bonds is 3. The molecule has 1 aromatic rings. The van der Waals surface area contributed by atoms with Gasteiger partial charge in [-0.05, 0) is 30.9 Å². The number of amides is 2. The van der Waals surface area contributed by atoms with Crippen molar-refractivity contribution in [1.82, 2.24) is 10.3 Å². The molecule has 1 fully saturated rings. The maximum Gasteiger partial charge on any atom is 0.290 e. The molecule has 1 saturated carbocycles. The van der Waals surface area contributed by atoms with Crippen molar-refractivity contribution in [1.29, 1.82) is 0 Å². The Morgan fingerprint density at radius 1 is 1.25 bits per heavy atom. The van der Waals surface area contributed by atoms with E-state index in [4.69, 9.17) is 0 Å². The molecule has 0 radical (unpaired) electrons. The minimum atomic E-state index is -0.175. The normalized spacial score (nSPS) is 24.2. The van der Waals surface area contributed by atoms with Crippen molar-refractivity contribution in [3.05, 3.63) is 30.3 Å². The Balaban J connectivity index is 1.74. The lowest BCUT2D eigenvalue weighted by Crippen LogP contribution is -2.57. The highest BCUT2D eigenvalue weighted by atomic mass is 16.2. The van der Waals surface area contributed by atoms with Crippen molar-refractivity contribution in [3.63, 3.8) is 0 Å². The van der Waals surface area contributed by atoms with Gasteiger partial charge in [0.2, 0.25) is 5.84 Å². The largest absolute Gasteiger partial charge is 0.336 e. The van der Waals surface area contributed by atoms with Gasteiger partial charge in [0.25, 0.3) is 11.8 Å². The summed E-state index contributed by atoms with van der Waals surface area (Å²) in [6, 6.07) is 9.48. The first-order valence-electron chi connectivity index (χ1n) is 8.54. The standard InChI is InChI=1S/C18H24N4O2/c1-13-8-6-7-11-15(13)21(2)18(24)17-19-12-16(23)22(20-17)14-9-4-3-5-10-14/h3-5,9-10,13,15H,6-8,11-12H2,1-2H3,(H,19,20)/t13-,15-/m1/s1. The fraction of sp³-hybridized carbons (Fsp3) is 0.500. The molecule has 0 unspecified atom stereocenters. The van der Waals surface area contributed by atoms with E-state index in [1.807, 2.05) is 37.4 Å². The van der Waals surface area contributed by atoms with Gasteiger partial charge in [0.1, 0.15) is 6.54 Å². The first-order chi connectivity index (χ1) is 11.6.